The summed E-state index contributed by atoms with van der Waals surface area (Å²) in [5.74, 6) is -0.970. The summed E-state index contributed by atoms with van der Waals surface area (Å²) in [6.45, 7) is 1.00. The predicted molar refractivity (Wildman–Crippen MR) is 52.8 cm³/mol. The second-order valence-electron chi connectivity index (χ2n) is 3.83. The zero-order valence-corrected chi connectivity index (χ0v) is 8.40. The van der Waals surface area contributed by atoms with Crippen LogP contribution >= 0.6 is 0 Å². The molecule has 1 saturated heterocycles. The normalized spacial score (nSPS) is 21.5. The molecule has 0 aliphatic carbocycles. The Hall–Kier alpha value is -1.36. The third-order valence-electron chi connectivity index (χ3n) is 2.73. The van der Waals surface area contributed by atoms with Crippen LogP contribution in [0.5, 0.6) is 0 Å². The van der Waals surface area contributed by atoms with E-state index in [4.69, 9.17) is 5.11 Å². The monoisotopic (exact) mass is 210 g/mol. The summed E-state index contributed by atoms with van der Waals surface area (Å²) in [7, 11) is 0. The SMILES string of the molecule is O=C(O)c1conc1CC1CCCCN1. The van der Waals surface area contributed by atoms with Crippen LogP contribution in [0.3, 0.4) is 0 Å². The topological polar surface area (TPSA) is 75.4 Å². The molecule has 1 aromatic rings. The first kappa shape index (κ1) is 10.2. The highest BCUT2D eigenvalue weighted by Gasteiger charge is 2.20. The number of nitrogens with one attached hydrogen (secondary N) is 1. The van der Waals surface area contributed by atoms with Gasteiger partial charge in [0.1, 0.15) is 11.8 Å². The molecule has 0 saturated carbocycles. The molecular formula is C10H14N2O3. The lowest BCUT2D eigenvalue weighted by Crippen LogP contribution is -2.36. The minimum Gasteiger partial charge on any atom is -0.478 e. The van der Waals surface area contributed by atoms with Crippen LogP contribution in [-0.2, 0) is 6.42 Å². The van der Waals surface area contributed by atoms with E-state index in [0.29, 0.717) is 18.2 Å². The van der Waals surface area contributed by atoms with E-state index >= 15 is 0 Å². The highest BCUT2D eigenvalue weighted by molar-refractivity contribution is 5.88. The molecule has 5 heteroatoms. The van der Waals surface area contributed by atoms with E-state index in [1.807, 2.05) is 0 Å². The molecule has 0 spiro atoms. The van der Waals surface area contributed by atoms with E-state index in [1.165, 1.54) is 19.1 Å². The summed E-state index contributed by atoms with van der Waals surface area (Å²) in [4.78, 5) is 10.8. The molecule has 1 aromatic heterocycles. The summed E-state index contributed by atoms with van der Waals surface area (Å²) in [5, 5.41) is 15.9. The molecule has 1 atom stereocenters. The number of hydrogen-bond donors (Lipinski definition) is 2. The Morgan fingerprint density at radius 3 is 3.20 bits per heavy atom. The Kier molecular flexibility index (Phi) is 3.01. The van der Waals surface area contributed by atoms with Gasteiger partial charge in [0.05, 0.1) is 5.69 Å². The fourth-order valence-corrected chi connectivity index (χ4v) is 1.91. The van der Waals surface area contributed by atoms with Gasteiger partial charge in [-0.05, 0) is 19.4 Å². The Morgan fingerprint density at radius 1 is 1.67 bits per heavy atom. The maximum Gasteiger partial charge on any atom is 0.340 e. The van der Waals surface area contributed by atoms with Crippen molar-refractivity contribution < 1.29 is 14.4 Å². The Morgan fingerprint density at radius 2 is 2.53 bits per heavy atom. The summed E-state index contributed by atoms with van der Waals surface area (Å²) in [6, 6.07) is 0.335. The molecule has 2 heterocycles. The lowest BCUT2D eigenvalue weighted by Gasteiger charge is -2.22. The molecule has 15 heavy (non-hydrogen) atoms. The number of rotatable bonds is 3. The molecule has 5 nitrogen and oxygen atoms in total. The number of nitrogens with zero attached hydrogens (tertiary/aromatic N) is 1. The predicted octanol–water partition coefficient (Wildman–Crippen LogP) is 1.06. The van der Waals surface area contributed by atoms with E-state index < -0.39 is 5.97 Å². The van der Waals surface area contributed by atoms with Gasteiger partial charge in [-0.3, -0.25) is 0 Å². The molecule has 2 rings (SSSR count). The molecule has 82 valence electrons. The lowest BCUT2D eigenvalue weighted by atomic mass is 9.99. The Labute approximate surface area is 87.5 Å². The average Bonchev–Trinajstić information content (AvgIpc) is 2.67. The summed E-state index contributed by atoms with van der Waals surface area (Å²) in [6.07, 6.45) is 5.30. The van der Waals surface area contributed by atoms with E-state index in [1.54, 1.807) is 0 Å². The molecule has 2 N–H and O–H groups in total. The largest absolute Gasteiger partial charge is 0.478 e. The molecule has 0 bridgehead atoms. The molecule has 1 aliphatic rings. The number of hydrogen-bond acceptors (Lipinski definition) is 4. The van der Waals surface area contributed by atoms with E-state index in [9.17, 15) is 4.79 Å². The van der Waals surface area contributed by atoms with Gasteiger partial charge < -0.3 is 14.9 Å². The zero-order chi connectivity index (χ0) is 10.7. The van der Waals surface area contributed by atoms with Crippen LogP contribution in [-0.4, -0.2) is 28.8 Å². The van der Waals surface area contributed by atoms with Crippen LogP contribution in [0.2, 0.25) is 0 Å². The van der Waals surface area contributed by atoms with Crippen LogP contribution in [0.4, 0.5) is 0 Å². The van der Waals surface area contributed by atoms with Gasteiger partial charge in [0.2, 0.25) is 0 Å². The van der Waals surface area contributed by atoms with Gasteiger partial charge in [-0.1, -0.05) is 11.6 Å². The second kappa shape index (κ2) is 4.44. The Bertz CT molecular complexity index is 342. The van der Waals surface area contributed by atoms with Gasteiger partial charge in [-0.15, -0.1) is 0 Å². The molecule has 0 aromatic carbocycles. The number of aromatic carboxylic acids is 1. The summed E-state index contributed by atoms with van der Waals surface area (Å²) in [5.41, 5.74) is 0.726. The van der Waals surface area contributed by atoms with Crippen molar-refractivity contribution in [2.24, 2.45) is 0 Å². The van der Waals surface area contributed by atoms with Crippen molar-refractivity contribution in [1.29, 1.82) is 0 Å². The Balaban J connectivity index is 2.03. The minimum absolute atomic E-state index is 0.183. The van der Waals surface area contributed by atoms with Gasteiger partial charge in [0, 0.05) is 12.5 Å². The first-order valence-corrected chi connectivity index (χ1v) is 5.17. The standard InChI is InChI=1S/C10H14N2O3/c13-10(14)8-6-15-12-9(8)5-7-3-1-2-4-11-7/h6-7,11H,1-5H2,(H,13,14). The quantitative estimate of drug-likeness (QED) is 0.780. The van der Waals surface area contributed by atoms with Crippen LogP contribution < -0.4 is 5.32 Å². The van der Waals surface area contributed by atoms with Crippen LogP contribution in [0.25, 0.3) is 0 Å². The number of piperidine rings is 1. The summed E-state index contributed by atoms with van der Waals surface area (Å²) >= 11 is 0. The zero-order valence-electron chi connectivity index (χ0n) is 8.40. The molecule has 1 fully saturated rings. The first-order chi connectivity index (χ1) is 7.27. The molecule has 1 aliphatic heterocycles. The van der Waals surface area contributed by atoms with Crippen molar-refractivity contribution in [1.82, 2.24) is 10.5 Å². The second-order valence-corrected chi connectivity index (χ2v) is 3.83. The third-order valence-corrected chi connectivity index (χ3v) is 2.73. The van der Waals surface area contributed by atoms with Crippen LogP contribution in [0, 0.1) is 0 Å². The lowest BCUT2D eigenvalue weighted by molar-refractivity contribution is 0.0695. The smallest absolute Gasteiger partial charge is 0.340 e. The summed E-state index contributed by atoms with van der Waals surface area (Å²) < 4.78 is 4.69. The molecular weight excluding hydrogens is 196 g/mol. The maximum absolute atomic E-state index is 10.8. The average molecular weight is 210 g/mol. The van der Waals surface area contributed by atoms with Gasteiger partial charge >= 0.3 is 5.97 Å². The van der Waals surface area contributed by atoms with E-state index in [0.717, 1.165) is 13.0 Å². The highest BCUT2D eigenvalue weighted by atomic mass is 16.5. The fraction of sp³-hybridized carbons (Fsp3) is 0.600. The van der Waals surface area contributed by atoms with Crippen molar-refractivity contribution in [3.05, 3.63) is 17.5 Å². The highest BCUT2D eigenvalue weighted by Crippen LogP contribution is 2.14. The number of carboxylic acid groups (broad SMARTS) is 1. The molecule has 0 radical (unpaired) electrons. The van der Waals surface area contributed by atoms with Crippen molar-refractivity contribution >= 4 is 5.97 Å². The van der Waals surface area contributed by atoms with Crippen LogP contribution in [0.1, 0.15) is 35.3 Å². The van der Waals surface area contributed by atoms with Crippen LogP contribution in [0.15, 0.2) is 10.8 Å². The van der Waals surface area contributed by atoms with Gasteiger partial charge in [0.15, 0.2) is 0 Å². The minimum atomic E-state index is -0.970. The molecule has 1 unspecified atom stereocenters. The third kappa shape index (κ3) is 2.36. The van der Waals surface area contributed by atoms with Gasteiger partial charge in [-0.2, -0.15) is 0 Å². The number of carboxylic acids is 1. The van der Waals surface area contributed by atoms with E-state index in [-0.39, 0.29) is 5.56 Å². The van der Waals surface area contributed by atoms with Crippen molar-refractivity contribution in [3.63, 3.8) is 0 Å². The van der Waals surface area contributed by atoms with Crippen molar-refractivity contribution in [3.8, 4) is 0 Å². The van der Waals surface area contributed by atoms with Crippen molar-refractivity contribution in [2.75, 3.05) is 6.54 Å². The number of carbonyl (C=O) groups is 1. The number of aromatic nitrogens is 1. The first-order valence-electron chi connectivity index (χ1n) is 5.17. The molecule has 0 amide bonds. The fourth-order valence-electron chi connectivity index (χ4n) is 1.91. The van der Waals surface area contributed by atoms with Crippen molar-refractivity contribution in [2.45, 2.75) is 31.7 Å². The maximum atomic E-state index is 10.8. The van der Waals surface area contributed by atoms with Gasteiger partial charge in [-0.25, -0.2) is 4.79 Å². The van der Waals surface area contributed by atoms with E-state index in [2.05, 4.69) is 15.0 Å². The van der Waals surface area contributed by atoms with Gasteiger partial charge in [0.25, 0.3) is 0 Å².